The summed E-state index contributed by atoms with van der Waals surface area (Å²) in [6, 6.07) is 7.10. The fourth-order valence-corrected chi connectivity index (χ4v) is 3.60. The molecular formula is C17H25NO2. The number of ether oxygens (including phenoxy) is 2. The highest BCUT2D eigenvalue weighted by Crippen LogP contribution is 2.39. The molecule has 0 saturated heterocycles. The molecule has 0 aromatic heterocycles. The van der Waals surface area contributed by atoms with E-state index in [4.69, 9.17) is 9.47 Å². The monoisotopic (exact) mass is 275 g/mol. The van der Waals surface area contributed by atoms with Crippen LogP contribution < -0.4 is 10.1 Å². The van der Waals surface area contributed by atoms with E-state index in [1.54, 1.807) is 0 Å². The highest BCUT2D eigenvalue weighted by Gasteiger charge is 2.43. The van der Waals surface area contributed by atoms with Crippen LogP contribution in [0, 0.1) is 0 Å². The van der Waals surface area contributed by atoms with Crippen molar-refractivity contribution in [3.63, 3.8) is 0 Å². The van der Waals surface area contributed by atoms with Crippen LogP contribution in [-0.2, 0) is 17.6 Å². The smallest absolute Gasteiger partial charge is 0.122 e. The summed E-state index contributed by atoms with van der Waals surface area (Å²) in [7, 11) is 3.91. The first-order valence-corrected chi connectivity index (χ1v) is 7.74. The summed E-state index contributed by atoms with van der Waals surface area (Å²) in [5.74, 6) is 1.08. The summed E-state index contributed by atoms with van der Waals surface area (Å²) in [5.41, 5.74) is 2.86. The number of nitrogens with one attached hydrogen (secondary N) is 1. The number of rotatable bonds is 6. The Balaban J connectivity index is 1.63. The molecule has 3 rings (SSSR count). The van der Waals surface area contributed by atoms with Gasteiger partial charge in [0, 0.05) is 19.6 Å². The van der Waals surface area contributed by atoms with Gasteiger partial charge in [-0.05, 0) is 56.3 Å². The number of benzene rings is 1. The van der Waals surface area contributed by atoms with Gasteiger partial charge in [0.05, 0.1) is 12.2 Å². The number of aryl methyl sites for hydroxylation is 1. The topological polar surface area (TPSA) is 30.5 Å². The number of likely N-dealkylation sites (N-methyl/N-ethyl adjacent to an activating group) is 1. The predicted octanol–water partition coefficient (Wildman–Crippen LogP) is 2.71. The van der Waals surface area contributed by atoms with Crippen molar-refractivity contribution in [2.75, 3.05) is 20.8 Å². The van der Waals surface area contributed by atoms with Gasteiger partial charge in [0.25, 0.3) is 0 Å². The first-order valence-electron chi connectivity index (χ1n) is 7.74. The van der Waals surface area contributed by atoms with Crippen molar-refractivity contribution in [1.82, 2.24) is 5.32 Å². The van der Waals surface area contributed by atoms with Gasteiger partial charge in [0.1, 0.15) is 5.75 Å². The Morgan fingerprint density at radius 3 is 2.90 bits per heavy atom. The van der Waals surface area contributed by atoms with Crippen molar-refractivity contribution in [2.45, 2.75) is 50.2 Å². The van der Waals surface area contributed by atoms with Crippen molar-refractivity contribution >= 4 is 0 Å². The van der Waals surface area contributed by atoms with Crippen LogP contribution >= 0.6 is 0 Å². The van der Waals surface area contributed by atoms with Crippen LogP contribution in [0.1, 0.15) is 36.8 Å². The zero-order chi connectivity index (χ0) is 14.0. The molecule has 1 aliphatic heterocycles. The Morgan fingerprint density at radius 1 is 1.40 bits per heavy atom. The van der Waals surface area contributed by atoms with Gasteiger partial charge in [-0.1, -0.05) is 12.1 Å². The molecule has 3 heteroatoms. The largest absolute Gasteiger partial charge is 0.493 e. The minimum Gasteiger partial charge on any atom is -0.493 e. The summed E-state index contributed by atoms with van der Waals surface area (Å²) in [6.45, 7) is 0.838. The third-order valence-corrected chi connectivity index (χ3v) is 5.07. The van der Waals surface area contributed by atoms with Crippen LogP contribution in [-0.4, -0.2) is 32.4 Å². The second-order valence-electron chi connectivity index (χ2n) is 6.04. The molecule has 1 unspecified atom stereocenters. The lowest BCUT2D eigenvalue weighted by atomic mass is 9.73. The molecule has 1 fully saturated rings. The molecule has 110 valence electrons. The molecule has 1 saturated carbocycles. The van der Waals surface area contributed by atoms with Gasteiger partial charge < -0.3 is 14.8 Å². The van der Waals surface area contributed by atoms with E-state index in [0.717, 1.165) is 31.6 Å². The third-order valence-electron chi connectivity index (χ3n) is 5.07. The van der Waals surface area contributed by atoms with Gasteiger partial charge >= 0.3 is 0 Å². The van der Waals surface area contributed by atoms with E-state index in [2.05, 4.69) is 30.6 Å². The van der Waals surface area contributed by atoms with Gasteiger partial charge in [0.15, 0.2) is 0 Å². The van der Waals surface area contributed by atoms with Crippen LogP contribution in [0.4, 0.5) is 0 Å². The lowest BCUT2D eigenvalue weighted by Crippen LogP contribution is -2.55. The van der Waals surface area contributed by atoms with E-state index in [-0.39, 0.29) is 5.60 Å². The van der Waals surface area contributed by atoms with Crippen LogP contribution in [0.15, 0.2) is 18.2 Å². The van der Waals surface area contributed by atoms with Gasteiger partial charge in [-0.25, -0.2) is 0 Å². The van der Waals surface area contributed by atoms with Crippen LogP contribution in [0.25, 0.3) is 0 Å². The van der Waals surface area contributed by atoms with Crippen molar-refractivity contribution in [1.29, 1.82) is 0 Å². The molecule has 1 aliphatic carbocycles. The van der Waals surface area contributed by atoms with Crippen LogP contribution in [0.5, 0.6) is 5.75 Å². The maximum absolute atomic E-state index is 5.81. The Kier molecular flexibility index (Phi) is 3.99. The van der Waals surface area contributed by atoms with Crippen LogP contribution in [0.2, 0.25) is 0 Å². The summed E-state index contributed by atoms with van der Waals surface area (Å²) in [5, 5.41) is 3.47. The lowest BCUT2D eigenvalue weighted by Gasteiger charge is -2.46. The molecule has 3 nitrogen and oxygen atoms in total. The van der Waals surface area contributed by atoms with Crippen molar-refractivity contribution in [2.24, 2.45) is 0 Å². The van der Waals surface area contributed by atoms with E-state index >= 15 is 0 Å². The molecule has 1 atom stereocenters. The third kappa shape index (κ3) is 2.45. The predicted molar refractivity (Wildman–Crippen MR) is 80.4 cm³/mol. The molecule has 20 heavy (non-hydrogen) atoms. The maximum Gasteiger partial charge on any atom is 0.122 e. The van der Waals surface area contributed by atoms with Gasteiger partial charge in [0.2, 0.25) is 0 Å². The first kappa shape index (κ1) is 13.9. The minimum atomic E-state index is 0.0780. The number of fused-ring (bicyclic) bond motifs is 1. The normalized spacial score (nSPS) is 20.9. The van der Waals surface area contributed by atoms with Gasteiger partial charge in [-0.15, -0.1) is 0 Å². The lowest BCUT2D eigenvalue weighted by molar-refractivity contribution is -0.0983. The van der Waals surface area contributed by atoms with Gasteiger partial charge in [-0.3, -0.25) is 0 Å². The fourth-order valence-electron chi connectivity index (χ4n) is 3.60. The SMILES string of the molecule is CNC(CCc1ccc2c(c1)CCO2)C1(OC)CCC1. The van der Waals surface area contributed by atoms with Crippen LogP contribution in [0.3, 0.4) is 0 Å². The second kappa shape index (κ2) is 5.74. The maximum atomic E-state index is 5.81. The number of hydrogen-bond acceptors (Lipinski definition) is 3. The summed E-state index contributed by atoms with van der Waals surface area (Å²) in [4.78, 5) is 0. The quantitative estimate of drug-likeness (QED) is 0.866. The first-order chi connectivity index (χ1) is 9.77. The molecule has 0 radical (unpaired) electrons. The minimum absolute atomic E-state index is 0.0780. The summed E-state index contributed by atoms with van der Waals surface area (Å²) >= 11 is 0. The molecule has 0 bridgehead atoms. The average Bonchev–Trinajstić information content (AvgIpc) is 2.89. The van der Waals surface area contributed by atoms with E-state index in [9.17, 15) is 0 Å². The molecule has 1 heterocycles. The molecule has 1 N–H and O–H groups in total. The van der Waals surface area contributed by atoms with Gasteiger partial charge in [-0.2, -0.15) is 0 Å². The zero-order valence-electron chi connectivity index (χ0n) is 12.6. The Hall–Kier alpha value is -1.06. The fraction of sp³-hybridized carbons (Fsp3) is 0.647. The molecule has 1 aromatic carbocycles. The number of hydrogen-bond donors (Lipinski definition) is 1. The molecule has 1 aromatic rings. The average molecular weight is 275 g/mol. The highest BCUT2D eigenvalue weighted by atomic mass is 16.5. The molecule has 2 aliphatic rings. The van der Waals surface area contributed by atoms with Crippen molar-refractivity contribution < 1.29 is 9.47 Å². The summed E-state index contributed by atoms with van der Waals surface area (Å²) < 4.78 is 11.4. The molecule has 0 amide bonds. The molecule has 0 spiro atoms. The Labute approximate surface area is 121 Å². The number of methoxy groups -OCH3 is 1. The van der Waals surface area contributed by atoms with E-state index in [1.165, 1.54) is 30.4 Å². The van der Waals surface area contributed by atoms with E-state index < -0.39 is 0 Å². The standard InChI is InChI=1S/C17H25NO2/c1-18-16(17(19-2)9-3-10-17)7-5-13-4-6-15-14(12-13)8-11-20-15/h4,6,12,16,18H,3,5,7-11H2,1-2H3. The molecular weight excluding hydrogens is 250 g/mol. The van der Waals surface area contributed by atoms with E-state index in [0.29, 0.717) is 6.04 Å². The second-order valence-corrected chi connectivity index (χ2v) is 6.04. The summed E-state index contributed by atoms with van der Waals surface area (Å²) in [6.07, 6.45) is 6.96. The highest BCUT2D eigenvalue weighted by molar-refractivity contribution is 5.39. The van der Waals surface area contributed by atoms with E-state index in [1.807, 2.05) is 7.11 Å². The van der Waals surface area contributed by atoms with Crippen molar-refractivity contribution in [3.8, 4) is 5.75 Å². The Bertz CT molecular complexity index is 463. The van der Waals surface area contributed by atoms with Crippen molar-refractivity contribution in [3.05, 3.63) is 29.3 Å². The Morgan fingerprint density at radius 2 is 2.25 bits per heavy atom. The zero-order valence-corrected chi connectivity index (χ0v) is 12.6.